The van der Waals surface area contributed by atoms with Gasteiger partial charge in [-0.05, 0) is 40.0 Å². The molecule has 0 bridgehead atoms. The van der Waals surface area contributed by atoms with Gasteiger partial charge in [-0.15, -0.1) is 0 Å². The molecule has 1 saturated heterocycles. The van der Waals surface area contributed by atoms with Crippen LogP contribution in [0.4, 0.5) is 4.79 Å². The molecule has 2 unspecified atom stereocenters. The predicted molar refractivity (Wildman–Crippen MR) is 71.1 cm³/mol. The van der Waals surface area contributed by atoms with Gasteiger partial charge < -0.3 is 20.5 Å². The Balaban J connectivity index is 2.58. The maximum absolute atomic E-state index is 11.6. The average Bonchev–Trinajstić information content (AvgIpc) is 2.28. The van der Waals surface area contributed by atoms with Gasteiger partial charge in [0.25, 0.3) is 0 Å². The molecule has 3 N–H and O–H groups in total. The van der Waals surface area contributed by atoms with Crippen LogP contribution in [0.2, 0.25) is 0 Å². The highest BCUT2D eigenvalue weighted by molar-refractivity contribution is 5.83. The van der Waals surface area contributed by atoms with Crippen LogP contribution in [0.1, 0.15) is 40.0 Å². The van der Waals surface area contributed by atoms with Gasteiger partial charge in [-0.3, -0.25) is 4.79 Å². The Morgan fingerprint density at radius 1 is 1.50 bits per heavy atom. The minimum absolute atomic E-state index is 0.0699. The standard InChI is InChI=1S/C13H22N2O5/c1-13(2,3)20-12(19)15-9(11(17)18)7-8-5-4-6-14-10(8)16/h8-9H,4-7H2,1-3H3,(H,14,16)(H,15,19)(H,17,18). The van der Waals surface area contributed by atoms with E-state index in [9.17, 15) is 14.4 Å². The van der Waals surface area contributed by atoms with Gasteiger partial charge in [-0.2, -0.15) is 0 Å². The lowest BCUT2D eigenvalue weighted by molar-refractivity contribution is -0.140. The van der Waals surface area contributed by atoms with Gasteiger partial charge in [-0.1, -0.05) is 0 Å². The maximum Gasteiger partial charge on any atom is 0.408 e. The van der Waals surface area contributed by atoms with E-state index in [1.807, 2.05) is 0 Å². The number of ether oxygens (including phenoxy) is 1. The van der Waals surface area contributed by atoms with Crippen LogP contribution in [0.25, 0.3) is 0 Å². The van der Waals surface area contributed by atoms with Crippen LogP contribution in [-0.4, -0.2) is 41.3 Å². The number of hydrogen-bond acceptors (Lipinski definition) is 4. The van der Waals surface area contributed by atoms with Crippen LogP contribution in [0.5, 0.6) is 0 Å². The molecule has 1 rings (SSSR count). The minimum Gasteiger partial charge on any atom is -0.480 e. The van der Waals surface area contributed by atoms with E-state index in [-0.39, 0.29) is 18.2 Å². The number of rotatable bonds is 4. The topological polar surface area (TPSA) is 105 Å². The molecule has 0 aromatic rings. The normalized spacial score (nSPS) is 20.8. The van der Waals surface area contributed by atoms with Gasteiger partial charge in [0.15, 0.2) is 0 Å². The summed E-state index contributed by atoms with van der Waals surface area (Å²) >= 11 is 0. The van der Waals surface area contributed by atoms with Gasteiger partial charge in [0.1, 0.15) is 11.6 Å². The highest BCUT2D eigenvalue weighted by atomic mass is 16.6. The molecule has 0 aliphatic carbocycles. The molecule has 114 valence electrons. The average molecular weight is 286 g/mol. The van der Waals surface area contributed by atoms with Crippen molar-refractivity contribution in [3.8, 4) is 0 Å². The number of amides is 2. The smallest absolute Gasteiger partial charge is 0.408 e. The molecule has 2 amide bonds. The first kappa shape index (κ1) is 16.3. The molecule has 1 aliphatic rings. The Kier molecular flexibility index (Phi) is 5.35. The van der Waals surface area contributed by atoms with Crippen LogP contribution in [0.3, 0.4) is 0 Å². The summed E-state index contributed by atoms with van der Waals surface area (Å²) in [6.45, 7) is 5.69. The van der Waals surface area contributed by atoms with Crippen molar-refractivity contribution in [3.05, 3.63) is 0 Å². The summed E-state index contributed by atoms with van der Waals surface area (Å²) in [6, 6.07) is -1.13. The number of carbonyl (C=O) groups is 3. The van der Waals surface area contributed by atoms with E-state index in [1.165, 1.54) is 0 Å². The maximum atomic E-state index is 11.6. The summed E-state index contributed by atoms with van der Waals surface area (Å²) in [4.78, 5) is 34.4. The lowest BCUT2D eigenvalue weighted by atomic mass is 9.91. The molecule has 0 aromatic heterocycles. The Morgan fingerprint density at radius 3 is 2.65 bits per heavy atom. The van der Waals surface area contributed by atoms with Crippen LogP contribution in [0.15, 0.2) is 0 Å². The van der Waals surface area contributed by atoms with Crippen molar-refractivity contribution in [2.45, 2.75) is 51.7 Å². The largest absolute Gasteiger partial charge is 0.480 e. The van der Waals surface area contributed by atoms with Crippen LogP contribution >= 0.6 is 0 Å². The third kappa shape index (κ3) is 5.46. The molecule has 1 aliphatic heterocycles. The first-order chi connectivity index (χ1) is 9.19. The van der Waals surface area contributed by atoms with E-state index in [2.05, 4.69) is 10.6 Å². The molecular weight excluding hydrogens is 264 g/mol. The summed E-state index contributed by atoms with van der Waals surface area (Å²) in [7, 11) is 0. The Bertz CT molecular complexity index is 389. The molecule has 1 heterocycles. The van der Waals surface area contributed by atoms with Crippen LogP contribution in [-0.2, 0) is 14.3 Å². The zero-order valence-electron chi connectivity index (χ0n) is 12.1. The zero-order chi connectivity index (χ0) is 15.3. The number of hydrogen-bond donors (Lipinski definition) is 3. The van der Waals surface area contributed by atoms with Crippen molar-refractivity contribution >= 4 is 18.0 Å². The third-order valence-electron chi connectivity index (χ3n) is 2.91. The number of piperidine rings is 1. The fraction of sp³-hybridized carbons (Fsp3) is 0.769. The second-order valence-corrected chi connectivity index (χ2v) is 5.90. The second-order valence-electron chi connectivity index (χ2n) is 5.90. The van der Waals surface area contributed by atoms with E-state index in [0.29, 0.717) is 13.0 Å². The van der Waals surface area contributed by atoms with Crippen LogP contribution in [0, 0.1) is 5.92 Å². The summed E-state index contributed by atoms with van der Waals surface area (Å²) in [6.07, 6.45) is 0.724. The fourth-order valence-corrected chi connectivity index (χ4v) is 2.02. The molecular formula is C13H22N2O5. The molecule has 7 nitrogen and oxygen atoms in total. The first-order valence-corrected chi connectivity index (χ1v) is 6.69. The van der Waals surface area contributed by atoms with Crippen molar-refractivity contribution in [2.75, 3.05) is 6.54 Å². The van der Waals surface area contributed by atoms with Crippen molar-refractivity contribution < 1.29 is 24.2 Å². The minimum atomic E-state index is -1.17. The second kappa shape index (κ2) is 6.58. The van der Waals surface area contributed by atoms with Crippen molar-refractivity contribution in [3.63, 3.8) is 0 Å². The molecule has 1 fully saturated rings. The fourth-order valence-electron chi connectivity index (χ4n) is 2.02. The van der Waals surface area contributed by atoms with E-state index < -0.39 is 23.7 Å². The number of alkyl carbamates (subject to hydrolysis) is 1. The van der Waals surface area contributed by atoms with Crippen molar-refractivity contribution in [2.24, 2.45) is 5.92 Å². The summed E-state index contributed by atoms with van der Waals surface area (Å²) < 4.78 is 5.02. The predicted octanol–water partition coefficient (Wildman–Crippen LogP) is 0.881. The highest BCUT2D eigenvalue weighted by Crippen LogP contribution is 2.18. The number of aliphatic carboxylic acids is 1. The quantitative estimate of drug-likeness (QED) is 0.711. The SMILES string of the molecule is CC(C)(C)OC(=O)NC(CC1CCCNC1=O)C(=O)O. The lowest BCUT2D eigenvalue weighted by Crippen LogP contribution is -2.47. The molecule has 20 heavy (non-hydrogen) atoms. The number of carbonyl (C=O) groups excluding carboxylic acids is 2. The molecule has 0 radical (unpaired) electrons. The Hall–Kier alpha value is -1.79. The van der Waals surface area contributed by atoms with Gasteiger partial charge in [-0.25, -0.2) is 9.59 Å². The van der Waals surface area contributed by atoms with Gasteiger partial charge in [0, 0.05) is 12.5 Å². The summed E-state index contributed by atoms with van der Waals surface area (Å²) in [5.74, 6) is -1.72. The van der Waals surface area contributed by atoms with E-state index >= 15 is 0 Å². The van der Waals surface area contributed by atoms with Gasteiger partial charge >= 0.3 is 12.1 Å². The molecule has 0 spiro atoms. The van der Waals surface area contributed by atoms with Gasteiger partial charge in [0.2, 0.25) is 5.91 Å². The van der Waals surface area contributed by atoms with Crippen molar-refractivity contribution in [1.29, 1.82) is 0 Å². The van der Waals surface area contributed by atoms with Crippen molar-refractivity contribution in [1.82, 2.24) is 10.6 Å². The Labute approximate surface area is 118 Å². The summed E-state index contributed by atoms with van der Waals surface area (Å²) in [5, 5.41) is 14.1. The highest BCUT2D eigenvalue weighted by Gasteiger charge is 2.31. The number of carboxylic acid groups (broad SMARTS) is 1. The monoisotopic (exact) mass is 286 g/mol. The first-order valence-electron chi connectivity index (χ1n) is 6.69. The molecule has 0 aromatic carbocycles. The third-order valence-corrected chi connectivity index (χ3v) is 2.91. The van der Waals surface area contributed by atoms with Gasteiger partial charge in [0.05, 0.1) is 0 Å². The Morgan fingerprint density at radius 2 is 2.15 bits per heavy atom. The van der Waals surface area contributed by atoms with E-state index in [4.69, 9.17) is 9.84 Å². The van der Waals surface area contributed by atoms with E-state index in [1.54, 1.807) is 20.8 Å². The lowest BCUT2D eigenvalue weighted by Gasteiger charge is -2.26. The summed E-state index contributed by atoms with van der Waals surface area (Å²) in [5.41, 5.74) is -0.699. The molecule has 2 atom stereocenters. The molecule has 7 heteroatoms. The number of nitrogens with one attached hydrogen (secondary N) is 2. The van der Waals surface area contributed by atoms with Crippen LogP contribution < -0.4 is 10.6 Å². The molecule has 0 saturated carbocycles. The number of carboxylic acids is 1. The zero-order valence-corrected chi connectivity index (χ0v) is 12.1. The van der Waals surface area contributed by atoms with E-state index in [0.717, 1.165) is 6.42 Å².